The largest absolute Gasteiger partial charge is 0.481 e. The van der Waals surface area contributed by atoms with Crippen molar-refractivity contribution in [2.24, 2.45) is 10.9 Å². The van der Waals surface area contributed by atoms with Gasteiger partial charge in [-0.3, -0.25) is 14.5 Å². The van der Waals surface area contributed by atoms with Crippen LogP contribution in [0.4, 0.5) is 4.79 Å². The molecule has 4 unspecified atom stereocenters. The maximum Gasteiger partial charge on any atom is 0.328 e. The van der Waals surface area contributed by atoms with E-state index in [1.807, 2.05) is 0 Å². The van der Waals surface area contributed by atoms with Crippen LogP contribution in [0, 0.1) is 5.92 Å². The Kier molecular flexibility index (Phi) is 5.74. The highest BCUT2D eigenvalue weighted by Gasteiger charge is 2.51. The second kappa shape index (κ2) is 8.20. The van der Waals surface area contributed by atoms with Gasteiger partial charge in [-0.25, -0.2) is 9.79 Å². The third kappa shape index (κ3) is 3.92. The molecule has 2 fully saturated rings. The van der Waals surface area contributed by atoms with Crippen LogP contribution in [0.15, 0.2) is 23.2 Å². The molecule has 166 valence electrons. The van der Waals surface area contributed by atoms with E-state index >= 15 is 0 Å². The number of hydrogen-bond donors (Lipinski definition) is 2. The number of likely N-dealkylation sites (N-methyl/N-ethyl adjacent to an activating group) is 2. The number of carbonyl (C=O) groups is 3. The Morgan fingerprint density at radius 1 is 1.19 bits per heavy atom. The molecule has 11 heteroatoms. The molecule has 3 aliphatic rings. The third-order valence-corrected chi connectivity index (χ3v) is 6.92. The molecular weight excluding hydrogens is 445 g/mol. The minimum Gasteiger partial charge on any atom is -0.481 e. The van der Waals surface area contributed by atoms with Crippen molar-refractivity contribution < 1.29 is 19.5 Å². The maximum absolute atomic E-state index is 13.3. The van der Waals surface area contributed by atoms with E-state index in [4.69, 9.17) is 23.2 Å². The van der Waals surface area contributed by atoms with Crippen LogP contribution in [0.1, 0.15) is 24.8 Å². The lowest BCUT2D eigenvalue weighted by Gasteiger charge is -2.40. The van der Waals surface area contributed by atoms with E-state index in [0.29, 0.717) is 40.8 Å². The fourth-order valence-electron chi connectivity index (χ4n) is 4.39. The van der Waals surface area contributed by atoms with Crippen molar-refractivity contribution in [3.8, 4) is 0 Å². The van der Waals surface area contributed by atoms with Gasteiger partial charge >= 0.3 is 12.0 Å². The molecule has 1 saturated carbocycles. The summed E-state index contributed by atoms with van der Waals surface area (Å²) in [5.74, 6) is -1.02. The highest BCUT2D eigenvalue weighted by Crippen LogP contribution is 2.30. The molecule has 0 spiro atoms. The number of carboxylic acids is 1. The van der Waals surface area contributed by atoms with E-state index < -0.39 is 24.2 Å². The first kappa shape index (κ1) is 21.7. The monoisotopic (exact) mass is 467 g/mol. The number of nitrogens with zero attached hydrogens (tertiary/aromatic N) is 4. The Morgan fingerprint density at radius 2 is 1.94 bits per heavy atom. The molecule has 4 rings (SSSR count). The Balaban J connectivity index is 1.50. The number of urea groups is 1. The molecule has 1 aromatic carbocycles. The minimum absolute atomic E-state index is 0.0362. The van der Waals surface area contributed by atoms with E-state index in [2.05, 4.69) is 10.3 Å². The maximum atomic E-state index is 13.3. The number of fused-ring (bicyclic) bond motifs is 1. The van der Waals surface area contributed by atoms with Gasteiger partial charge in [0.1, 0.15) is 0 Å². The zero-order valence-electron chi connectivity index (χ0n) is 17.1. The van der Waals surface area contributed by atoms with Gasteiger partial charge in [0.15, 0.2) is 18.2 Å². The number of carbonyl (C=O) groups excluding carboxylic acids is 2. The van der Waals surface area contributed by atoms with Gasteiger partial charge in [0, 0.05) is 20.1 Å². The second-order valence-electron chi connectivity index (χ2n) is 8.18. The van der Waals surface area contributed by atoms with Gasteiger partial charge in [0.2, 0.25) is 0 Å². The summed E-state index contributed by atoms with van der Waals surface area (Å²) in [7, 11) is 3.36. The number of aliphatic carboxylic acids is 1. The van der Waals surface area contributed by atoms with Crippen LogP contribution >= 0.6 is 23.2 Å². The Bertz CT molecular complexity index is 971. The molecule has 0 radical (unpaired) electrons. The van der Waals surface area contributed by atoms with Crippen LogP contribution in [-0.2, 0) is 16.1 Å². The van der Waals surface area contributed by atoms with Crippen molar-refractivity contribution >= 4 is 47.1 Å². The molecule has 1 aliphatic carbocycles. The van der Waals surface area contributed by atoms with Gasteiger partial charge in [-0.1, -0.05) is 29.3 Å². The molecule has 1 saturated heterocycles. The van der Waals surface area contributed by atoms with Crippen LogP contribution < -0.4 is 5.32 Å². The molecule has 2 N–H and O–H groups in total. The topological polar surface area (TPSA) is 106 Å². The number of benzene rings is 1. The Morgan fingerprint density at radius 3 is 2.58 bits per heavy atom. The zero-order valence-corrected chi connectivity index (χ0v) is 18.6. The molecular formula is C20H23Cl2N5O4. The average Bonchev–Trinajstić information content (AvgIpc) is 3.32. The molecule has 0 aromatic heterocycles. The number of carboxylic acid groups (broad SMARTS) is 1. The summed E-state index contributed by atoms with van der Waals surface area (Å²) in [5.41, 5.74) is 0.688. The summed E-state index contributed by atoms with van der Waals surface area (Å²) in [6, 6.07) is 3.85. The lowest BCUT2D eigenvalue weighted by Crippen LogP contribution is -2.64. The van der Waals surface area contributed by atoms with Crippen molar-refractivity contribution in [2.75, 3.05) is 14.1 Å². The molecule has 31 heavy (non-hydrogen) atoms. The van der Waals surface area contributed by atoms with Crippen LogP contribution in [0.2, 0.25) is 10.0 Å². The Hall–Kier alpha value is -2.52. The minimum atomic E-state index is -0.793. The summed E-state index contributed by atoms with van der Waals surface area (Å²) in [5, 5.41) is 13.2. The van der Waals surface area contributed by atoms with Crippen molar-refractivity contribution in [1.82, 2.24) is 20.0 Å². The number of rotatable bonds is 4. The predicted molar refractivity (Wildman–Crippen MR) is 115 cm³/mol. The summed E-state index contributed by atoms with van der Waals surface area (Å²) in [6.07, 6.45) is 1.18. The highest BCUT2D eigenvalue weighted by molar-refractivity contribution is 6.42. The number of guanidine groups is 1. The zero-order chi connectivity index (χ0) is 22.4. The van der Waals surface area contributed by atoms with Crippen molar-refractivity contribution in [2.45, 2.75) is 44.1 Å². The van der Waals surface area contributed by atoms with Gasteiger partial charge in [0.25, 0.3) is 5.91 Å². The van der Waals surface area contributed by atoms with Gasteiger partial charge in [0.05, 0.1) is 22.5 Å². The molecule has 2 heterocycles. The first-order valence-electron chi connectivity index (χ1n) is 9.99. The molecule has 2 aliphatic heterocycles. The van der Waals surface area contributed by atoms with E-state index in [1.165, 1.54) is 9.80 Å². The number of imide groups is 1. The normalized spacial score (nSPS) is 28.1. The number of hydrogen-bond acceptors (Lipinski definition) is 6. The van der Waals surface area contributed by atoms with Gasteiger partial charge in [-0.2, -0.15) is 0 Å². The molecule has 0 bridgehead atoms. The van der Waals surface area contributed by atoms with Crippen LogP contribution in [0.5, 0.6) is 0 Å². The Labute approximate surface area is 189 Å². The van der Waals surface area contributed by atoms with Crippen molar-refractivity contribution in [3.05, 3.63) is 33.8 Å². The first-order chi connectivity index (χ1) is 14.7. The number of amides is 3. The van der Waals surface area contributed by atoms with Crippen LogP contribution in [0.3, 0.4) is 0 Å². The smallest absolute Gasteiger partial charge is 0.328 e. The molecule has 1 aromatic rings. The summed E-state index contributed by atoms with van der Waals surface area (Å²) < 4.78 is 0. The molecule has 9 nitrogen and oxygen atoms in total. The second-order valence-corrected chi connectivity index (χ2v) is 8.99. The van der Waals surface area contributed by atoms with E-state index in [-0.39, 0.29) is 24.4 Å². The molecule has 3 amide bonds. The fourth-order valence-corrected chi connectivity index (χ4v) is 4.71. The van der Waals surface area contributed by atoms with E-state index in [9.17, 15) is 19.5 Å². The number of halogens is 2. The quantitative estimate of drug-likeness (QED) is 0.702. The van der Waals surface area contributed by atoms with Crippen molar-refractivity contribution in [1.29, 1.82) is 0 Å². The van der Waals surface area contributed by atoms with E-state index in [1.54, 1.807) is 37.2 Å². The van der Waals surface area contributed by atoms with Crippen LogP contribution in [-0.4, -0.2) is 76.0 Å². The third-order valence-electron chi connectivity index (χ3n) is 6.18. The standard InChI is InChI=1S/C20H23Cl2N5O4/c1-25-15-16(24-19(25)23-12-5-4-11(8-12)18(29)30)26(2)20(31)27(17(15)28)9-10-3-6-13(21)14(22)7-10/h3,6-7,11-12,15-16H,4-5,8-9H2,1-2H3,(H,23,24)(H,29,30). The summed E-state index contributed by atoms with van der Waals surface area (Å²) in [6.45, 7) is 0.0711. The van der Waals surface area contributed by atoms with Crippen LogP contribution in [0.25, 0.3) is 0 Å². The lowest BCUT2D eigenvalue weighted by atomic mass is 10.1. The van der Waals surface area contributed by atoms with Gasteiger partial charge in [-0.15, -0.1) is 0 Å². The fraction of sp³-hybridized carbons (Fsp3) is 0.500. The average molecular weight is 468 g/mol. The summed E-state index contributed by atoms with van der Waals surface area (Å²) >= 11 is 12.0. The number of nitrogens with one attached hydrogen (secondary N) is 1. The molecule has 4 atom stereocenters. The van der Waals surface area contributed by atoms with Gasteiger partial charge < -0.3 is 20.2 Å². The lowest BCUT2D eigenvalue weighted by molar-refractivity contribution is -0.141. The highest BCUT2D eigenvalue weighted by atomic mass is 35.5. The van der Waals surface area contributed by atoms with Gasteiger partial charge in [-0.05, 0) is 37.0 Å². The SMILES string of the molecule is CN1C(=O)N(Cc2ccc(Cl)c(Cl)c2)C(=O)C2C1N=C(NC1CCC(C(=O)O)C1)N2C. The van der Waals surface area contributed by atoms with Crippen molar-refractivity contribution in [3.63, 3.8) is 0 Å². The summed E-state index contributed by atoms with van der Waals surface area (Å²) in [4.78, 5) is 46.3. The van der Waals surface area contributed by atoms with E-state index in [0.717, 1.165) is 0 Å². The number of aliphatic imine (C=N–C) groups is 1. The predicted octanol–water partition coefficient (Wildman–Crippen LogP) is 2.23. The first-order valence-corrected chi connectivity index (χ1v) is 10.7.